The van der Waals surface area contributed by atoms with Crippen LogP contribution in [0.15, 0.2) is 24.5 Å². The summed E-state index contributed by atoms with van der Waals surface area (Å²) >= 11 is 7.68. The van der Waals surface area contributed by atoms with E-state index in [1.165, 1.54) is 17.7 Å². The minimum absolute atomic E-state index is 0.470. The number of benzene rings is 1. The molecular weight excluding hydrogens is 332 g/mol. The van der Waals surface area contributed by atoms with E-state index in [4.69, 9.17) is 22.1 Å². The first-order chi connectivity index (χ1) is 11.1. The van der Waals surface area contributed by atoms with Crippen LogP contribution in [0, 0.1) is 6.92 Å². The molecule has 7 heteroatoms. The summed E-state index contributed by atoms with van der Waals surface area (Å²) in [4.78, 5) is 9.51. The van der Waals surface area contributed by atoms with Crippen LogP contribution in [-0.4, -0.2) is 16.6 Å². The van der Waals surface area contributed by atoms with Crippen molar-refractivity contribution in [2.24, 2.45) is 5.73 Å². The molecule has 2 aromatic heterocycles. The number of hydrogen-bond acceptors (Lipinski definition) is 6. The number of nitrogens with two attached hydrogens (primary N) is 1. The summed E-state index contributed by atoms with van der Waals surface area (Å²) < 4.78 is 6.44. The zero-order valence-corrected chi connectivity index (χ0v) is 14.5. The van der Waals surface area contributed by atoms with Crippen molar-refractivity contribution in [2.75, 3.05) is 11.9 Å². The Morgan fingerprint density at radius 2 is 2.17 bits per heavy atom. The molecular formula is C16H17ClN4OS. The lowest BCUT2D eigenvalue weighted by atomic mass is 10.2. The quantitative estimate of drug-likeness (QED) is 0.721. The van der Waals surface area contributed by atoms with Crippen molar-refractivity contribution in [1.29, 1.82) is 0 Å². The zero-order chi connectivity index (χ0) is 16.4. The summed E-state index contributed by atoms with van der Waals surface area (Å²) in [6.07, 6.45) is 1.53. The summed E-state index contributed by atoms with van der Waals surface area (Å²) in [5.41, 5.74) is 8.54. The second-order valence-corrected chi connectivity index (χ2v) is 6.60. The Morgan fingerprint density at radius 3 is 2.91 bits per heavy atom. The molecule has 0 fully saturated rings. The average Bonchev–Trinajstić information content (AvgIpc) is 2.85. The number of halogens is 1. The number of anilines is 2. The van der Waals surface area contributed by atoms with E-state index in [2.05, 4.69) is 15.3 Å². The smallest absolute Gasteiger partial charge is 0.143 e. The fourth-order valence-electron chi connectivity index (χ4n) is 2.34. The molecule has 3 rings (SSSR count). The zero-order valence-electron chi connectivity index (χ0n) is 12.9. The standard InChI is InChI=1S/C16H17ClN4OS/c1-3-22-12-6-10(7-18)4-5-11(12)21-15-13-9(2)14(17)23-16(13)20-8-19-15/h4-6,8H,3,7,18H2,1-2H3,(H,19,20,21). The average molecular weight is 349 g/mol. The van der Waals surface area contributed by atoms with E-state index in [-0.39, 0.29) is 0 Å². The fourth-order valence-corrected chi connectivity index (χ4v) is 3.53. The van der Waals surface area contributed by atoms with Crippen LogP contribution >= 0.6 is 22.9 Å². The molecule has 0 radical (unpaired) electrons. The van der Waals surface area contributed by atoms with Crippen LogP contribution in [0.2, 0.25) is 4.34 Å². The molecule has 0 unspecified atom stereocenters. The number of ether oxygens (including phenoxy) is 1. The van der Waals surface area contributed by atoms with Gasteiger partial charge in [-0.2, -0.15) is 0 Å². The van der Waals surface area contributed by atoms with Gasteiger partial charge in [-0.15, -0.1) is 11.3 Å². The van der Waals surface area contributed by atoms with Crippen LogP contribution in [0.25, 0.3) is 10.2 Å². The Labute approximate surface area is 143 Å². The Morgan fingerprint density at radius 1 is 1.35 bits per heavy atom. The number of fused-ring (bicyclic) bond motifs is 1. The lowest BCUT2D eigenvalue weighted by molar-refractivity contribution is 0.341. The summed E-state index contributed by atoms with van der Waals surface area (Å²) in [5, 5.41) is 4.27. The Hall–Kier alpha value is -1.89. The molecule has 0 aliphatic heterocycles. The maximum absolute atomic E-state index is 6.23. The number of hydrogen-bond donors (Lipinski definition) is 2. The minimum Gasteiger partial charge on any atom is -0.492 e. The van der Waals surface area contributed by atoms with Crippen molar-refractivity contribution in [3.63, 3.8) is 0 Å². The largest absolute Gasteiger partial charge is 0.492 e. The van der Waals surface area contributed by atoms with Gasteiger partial charge in [-0.1, -0.05) is 17.7 Å². The molecule has 0 amide bonds. The molecule has 0 aliphatic carbocycles. The highest BCUT2D eigenvalue weighted by Gasteiger charge is 2.14. The molecule has 23 heavy (non-hydrogen) atoms. The molecule has 0 saturated heterocycles. The van der Waals surface area contributed by atoms with Crippen molar-refractivity contribution < 1.29 is 4.74 Å². The molecule has 1 aromatic carbocycles. The van der Waals surface area contributed by atoms with Crippen LogP contribution in [0.4, 0.5) is 11.5 Å². The van der Waals surface area contributed by atoms with Gasteiger partial charge in [0.25, 0.3) is 0 Å². The molecule has 0 bridgehead atoms. The van der Waals surface area contributed by atoms with Gasteiger partial charge in [0, 0.05) is 6.54 Å². The third-order valence-electron chi connectivity index (χ3n) is 3.50. The SMILES string of the molecule is CCOc1cc(CN)ccc1Nc1ncnc2sc(Cl)c(C)c12. The van der Waals surface area contributed by atoms with E-state index in [1.807, 2.05) is 32.0 Å². The number of nitrogens with one attached hydrogen (secondary N) is 1. The number of aryl methyl sites for hydroxylation is 1. The van der Waals surface area contributed by atoms with Crippen molar-refractivity contribution in [3.8, 4) is 5.75 Å². The molecule has 0 atom stereocenters. The maximum Gasteiger partial charge on any atom is 0.143 e. The van der Waals surface area contributed by atoms with E-state index in [1.54, 1.807) is 0 Å². The highest BCUT2D eigenvalue weighted by atomic mass is 35.5. The van der Waals surface area contributed by atoms with Gasteiger partial charge >= 0.3 is 0 Å². The number of aromatic nitrogens is 2. The molecule has 0 saturated carbocycles. The summed E-state index contributed by atoms with van der Waals surface area (Å²) in [6.45, 7) is 4.96. The highest BCUT2D eigenvalue weighted by Crippen LogP contribution is 2.38. The predicted octanol–water partition coefficient (Wildman–Crippen LogP) is 4.25. The first-order valence-electron chi connectivity index (χ1n) is 7.26. The topological polar surface area (TPSA) is 73.1 Å². The van der Waals surface area contributed by atoms with Gasteiger partial charge in [0.15, 0.2) is 0 Å². The van der Waals surface area contributed by atoms with E-state index in [0.29, 0.717) is 13.2 Å². The molecule has 5 nitrogen and oxygen atoms in total. The first-order valence-corrected chi connectivity index (χ1v) is 8.46. The lowest BCUT2D eigenvalue weighted by Gasteiger charge is -2.14. The molecule has 3 N–H and O–H groups in total. The summed E-state index contributed by atoms with van der Waals surface area (Å²) in [6, 6.07) is 5.86. The molecule has 0 aliphatic rings. The van der Waals surface area contributed by atoms with Crippen LogP contribution < -0.4 is 15.8 Å². The maximum atomic E-state index is 6.23. The van der Waals surface area contributed by atoms with Crippen LogP contribution in [0.5, 0.6) is 5.75 Å². The Balaban J connectivity index is 2.05. The number of nitrogens with zero attached hydrogens (tertiary/aromatic N) is 2. The minimum atomic E-state index is 0.470. The third-order valence-corrected chi connectivity index (χ3v) is 5.01. The second kappa shape index (κ2) is 6.70. The molecule has 0 spiro atoms. The van der Waals surface area contributed by atoms with Crippen LogP contribution in [0.3, 0.4) is 0 Å². The Kier molecular flexibility index (Phi) is 4.66. The van der Waals surface area contributed by atoms with Gasteiger partial charge in [-0.3, -0.25) is 0 Å². The highest BCUT2D eigenvalue weighted by molar-refractivity contribution is 7.22. The van der Waals surface area contributed by atoms with E-state index in [9.17, 15) is 0 Å². The fraction of sp³-hybridized carbons (Fsp3) is 0.250. The van der Waals surface area contributed by atoms with Crippen molar-refractivity contribution in [1.82, 2.24) is 9.97 Å². The number of thiophene rings is 1. The van der Waals surface area contributed by atoms with Crippen LogP contribution in [0.1, 0.15) is 18.1 Å². The van der Waals surface area contributed by atoms with Gasteiger partial charge in [0.05, 0.1) is 22.0 Å². The van der Waals surface area contributed by atoms with E-state index >= 15 is 0 Å². The van der Waals surface area contributed by atoms with Crippen molar-refractivity contribution >= 4 is 44.7 Å². The molecule has 2 heterocycles. The molecule has 120 valence electrons. The van der Waals surface area contributed by atoms with Gasteiger partial charge in [0.1, 0.15) is 22.7 Å². The first kappa shape index (κ1) is 16.0. The van der Waals surface area contributed by atoms with E-state index < -0.39 is 0 Å². The van der Waals surface area contributed by atoms with Gasteiger partial charge in [-0.05, 0) is 37.1 Å². The lowest BCUT2D eigenvalue weighted by Crippen LogP contribution is -2.02. The number of rotatable bonds is 5. The molecule has 3 aromatic rings. The van der Waals surface area contributed by atoms with Gasteiger partial charge < -0.3 is 15.8 Å². The summed E-state index contributed by atoms with van der Waals surface area (Å²) in [5.74, 6) is 1.47. The van der Waals surface area contributed by atoms with E-state index in [0.717, 1.165) is 42.9 Å². The van der Waals surface area contributed by atoms with Crippen LogP contribution in [-0.2, 0) is 6.54 Å². The predicted molar refractivity (Wildman–Crippen MR) is 95.9 cm³/mol. The Bertz CT molecular complexity index is 849. The third kappa shape index (κ3) is 3.10. The van der Waals surface area contributed by atoms with Gasteiger partial charge in [-0.25, -0.2) is 9.97 Å². The monoisotopic (exact) mass is 348 g/mol. The summed E-state index contributed by atoms with van der Waals surface area (Å²) in [7, 11) is 0. The van der Waals surface area contributed by atoms with Crippen molar-refractivity contribution in [3.05, 3.63) is 40.0 Å². The van der Waals surface area contributed by atoms with Gasteiger partial charge in [0.2, 0.25) is 0 Å². The normalized spacial score (nSPS) is 11.0. The van der Waals surface area contributed by atoms with Crippen molar-refractivity contribution in [2.45, 2.75) is 20.4 Å². The second-order valence-electron chi connectivity index (χ2n) is 5.00.